The number of nitrogens with two attached hydrogens (primary N) is 1. The van der Waals surface area contributed by atoms with Crippen molar-refractivity contribution in [3.8, 4) is 0 Å². The van der Waals surface area contributed by atoms with E-state index >= 15 is 0 Å². The lowest BCUT2D eigenvalue weighted by Gasteiger charge is -2.08. The van der Waals surface area contributed by atoms with Crippen LogP contribution in [0.4, 0.5) is 5.13 Å². The second-order valence-corrected chi connectivity index (χ2v) is 9.25. The Morgan fingerprint density at radius 2 is 1.86 bits per heavy atom. The predicted octanol–water partition coefficient (Wildman–Crippen LogP) is 4.33. The van der Waals surface area contributed by atoms with Gasteiger partial charge in [-0.15, -0.1) is 22.7 Å². The van der Waals surface area contributed by atoms with Crippen LogP contribution in [-0.2, 0) is 17.0 Å². The molecule has 0 aliphatic heterocycles. The Morgan fingerprint density at radius 3 is 2.69 bits per heavy atom. The molecule has 3 N–H and O–H groups in total. The van der Waals surface area contributed by atoms with Crippen molar-refractivity contribution in [1.82, 2.24) is 9.97 Å². The summed E-state index contributed by atoms with van der Waals surface area (Å²) in [4.78, 5) is 32.6. The van der Waals surface area contributed by atoms with Crippen molar-refractivity contribution in [2.75, 3.05) is 5.32 Å². The fraction of sp³-hybridized carbons (Fsp3) is 0.100. The predicted molar refractivity (Wildman–Crippen MR) is 119 cm³/mol. The number of aromatic nitrogens is 2. The van der Waals surface area contributed by atoms with E-state index < -0.39 is 5.91 Å². The summed E-state index contributed by atoms with van der Waals surface area (Å²) >= 11 is 4.53. The number of carbonyl (C=O) groups is 2. The van der Waals surface area contributed by atoms with Crippen LogP contribution >= 0.6 is 34.4 Å². The molecule has 0 atom stereocenters. The van der Waals surface area contributed by atoms with Crippen LogP contribution in [0.1, 0.15) is 21.6 Å². The Balaban J connectivity index is 1.46. The van der Waals surface area contributed by atoms with E-state index in [2.05, 4.69) is 21.4 Å². The van der Waals surface area contributed by atoms with Crippen LogP contribution in [0.2, 0.25) is 0 Å². The van der Waals surface area contributed by atoms with Crippen molar-refractivity contribution in [3.05, 3.63) is 70.7 Å². The number of amides is 2. The van der Waals surface area contributed by atoms with Crippen LogP contribution < -0.4 is 11.1 Å². The first-order valence-corrected chi connectivity index (χ1v) is 11.4. The lowest BCUT2D eigenvalue weighted by molar-refractivity contribution is -0.117. The number of rotatable bonds is 7. The normalized spacial score (nSPS) is 10.9. The molecule has 0 unspecified atom stereocenters. The number of thiazole rings is 2. The van der Waals surface area contributed by atoms with Gasteiger partial charge in [0.2, 0.25) is 5.91 Å². The number of anilines is 1. The molecule has 9 heteroatoms. The summed E-state index contributed by atoms with van der Waals surface area (Å²) in [7, 11) is 0. The molecule has 0 saturated heterocycles. The highest BCUT2D eigenvalue weighted by molar-refractivity contribution is 8.00. The fourth-order valence-corrected chi connectivity index (χ4v) is 5.49. The maximum Gasteiger partial charge on any atom is 0.257 e. The van der Waals surface area contributed by atoms with Crippen LogP contribution in [0.25, 0.3) is 10.2 Å². The van der Waals surface area contributed by atoms with Crippen LogP contribution in [-0.4, -0.2) is 21.8 Å². The number of thioether (sulfide) groups is 1. The fourth-order valence-electron chi connectivity index (χ4n) is 2.71. The number of primary amides is 1. The molecule has 4 aromatic rings. The van der Waals surface area contributed by atoms with Crippen molar-refractivity contribution in [3.63, 3.8) is 0 Å². The third kappa shape index (κ3) is 4.81. The average Bonchev–Trinajstić information content (AvgIpc) is 3.32. The first kappa shape index (κ1) is 19.6. The van der Waals surface area contributed by atoms with E-state index in [0.29, 0.717) is 22.1 Å². The van der Waals surface area contributed by atoms with E-state index in [0.717, 1.165) is 20.1 Å². The lowest BCUT2D eigenvalue weighted by atomic mass is 10.1. The van der Waals surface area contributed by atoms with Crippen molar-refractivity contribution in [2.45, 2.75) is 16.5 Å². The van der Waals surface area contributed by atoms with E-state index in [4.69, 9.17) is 5.73 Å². The number of para-hydroxylation sites is 1. The summed E-state index contributed by atoms with van der Waals surface area (Å²) in [5.41, 5.74) is 8.23. The second kappa shape index (κ2) is 8.73. The molecule has 0 aliphatic rings. The van der Waals surface area contributed by atoms with Gasteiger partial charge in [-0.05, 0) is 23.8 Å². The summed E-state index contributed by atoms with van der Waals surface area (Å²) in [6.07, 6.45) is 0.0573. The highest BCUT2D eigenvalue weighted by atomic mass is 32.2. The zero-order valence-corrected chi connectivity index (χ0v) is 17.6. The minimum Gasteiger partial charge on any atom is -0.369 e. The highest BCUT2D eigenvalue weighted by Gasteiger charge is 2.14. The van der Waals surface area contributed by atoms with Crippen molar-refractivity contribution >= 4 is 61.6 Å². The van der Waals surface area contributed by atoms with Gasteiger partial charge < -0.3 is 5.73 Å². The zero-order valence-electron chi connectivity index (χ0n) is 15.1. The number of carbonyl (C=O) groups excluding carboxylic acids is 2. The smallest absolute Gasteiger partial charge is 0.257 e. The number of hydrogen-bond donors (Lipinski definition) is 2. The van der Waals surface area contributed by atoms with Gasteiger partial charge >= 0.3 is 0 Å². The van der Waals surface area contributed by atoms with Crippen molar-refractivity contribution < 1.29 is 9.59 Å². The van der Waals surface area contributed by atoms with Gasteiger partial charge in [-0.3, -0.25) is 14.9 Å². The maximum absolute atomic E-state index is 12.8. The second-order valence-electron chi connectivity index (χ2n) is 6.13. The van der Waals surface area contributed by atoms with Gasteiger partial charge in [-0.1, -0.05) is 42.1 Å². The Kier molecular flexibility index (Phi) is 5.89. The SMILES string of the molecule is NC(=O)Cc1csc(NC(=O)c2ccccc2CSc2nc3ccccc3s2)n1. The topological polar surface area (TPSA) is 98.0 Å². The third-order valence-electron chi connectivity index (χ3n) is 4.01. The maximum atomic E-state index is 12.8. The minimum atomic E-state index is -0.453. The van der Waals surface area contributed by atoms with Crippen LogP contribution in [0.3, 0.4) is 0 Å². The van der Waals surface area contributed by atoms with E-state index in [9.17, 15) is 9.59 Å². The third-order valence-corrected chi connectivity index (χ3v) is 7.05. The van der Waals surface area contributed by atoms with E-state index in [1.807, 2.05) is 36.4 Å². The van der Waals surface area contributed by atoms with Gasteiger partial charge in [0.1, 0.15) is 0 Å². The molecule has 6 nitrogen and oxygen atoms in total. The van der Waals surface area contributed by atoms with E-state index in [1.165, 1.54) is 11.3 Å². The van der Waals surface area contributed by atoms with Gasteiger partial charge in [-0.25, -0.2) is 9.97 Å². The average molecular weight is 441 g/mol. The summed E-state index contributed by atoms with van der Waals surface area (Å²) in [6.45, 7) is 0. The molecule has 0 fully saturated rings. The van der Waals surface area contributed by atoms with Crippen LogP contribution in [0, 0.1) is 0 Å². The lowest BCUT2D eigenvalue weighted by Crippen LogP contribution is -2.15. The highest BCUT2D eigenvalue weighted by Crippen LogP contribution is 2.32. The van der Waals surface area contributed by atoms with Gasteiger partial charge in [0.05, 0.1) is 22.3 Å². The molecule has 0 saturated carbocycles. The Morgan fingerprint density at radius 1 is 1.07 bits per heavy atom. The van der Waals surface area contributed by atoms with E-state index in [1.54, 1.807) is 34.5 Å². The number of nitrogens with zero attached hydrogens (tertiary/aromatic N) is 2. The quantitative estimate of drug-likeness (QED) is 0.417. The number of nitrogens with one attached hydrogen (secondary N) is 1. The molecule has 2 aromatic carbocycles. The number of fused-ring (bicyclic) bond motifs is 1. The van der Waals surface area contributed by atoms with Gasteiger partial charge in [0.25, 0.3) is 5.91 Å². The molecular formula is C20H16N4O2S3. The molecular weight excluding hydrogens is 424 g/mol. The monoisotopic (exact) mass is 440 g/mol. The Bertz CT molecular complexity index is 1150. The van der Waals surface area contributed by atoms with Crippen LogP contribution in [0.5, 0.6) is 0 Å². The summed E-state index contributed by atoms with van der Waals surface area (Å²) < 4.78 is 2.12. The van der Waals surface area contributed by atoms with Gasteiger partial charge in [0, 0.05) is 16.7 Å². The van der Waals surface area contributed by atoms with Crippen molar-refractivity contribution in [2.24, 2.45) is 5.73 Å². The van der Waals surface area contributed by atoms with Crippen molar-refractivity contribution in [1.29, 1.82) is 0 Å². The van der Waals surface area contributed by atoms with Gasteiger partial charge in [-0.2, -0.15) is 0 Å². The summed E-state index contributed by atoms with van der Waals surface area (Å²) in [5, 5.41) is 4.97. The Hall–Kier alpha value is -2.75. The zero-order chi connectivity index (χ0) is 20.2. The molecule has 2 heterocycles. The molecule has 0 aliphatic carbocycles. The molecule has 29 heavy (non-hydrogen) atoms. The van der Waals surface area contributed by atoms with Crippen LogP contribution in [0.15, 0.2) is 58.3 Å². The minimum absolute atomic E-state index is 0.0573. The standard InChI is InChI=1S/C20H16N4O2S3/c21-17(25)9-13-11-27-19(22-13)24-18(26)14-6-2-1-5-12(14)10-28-20-23-15-7-3-4-8-16(15)29-20/h1-8,11H,9-10H2,(H2,21,25)(H,22,24,26). The molecule has 146 valence electrons. The summed E-state index contributed by atoms with van der Waals surface area (Å²) in [6, 6.07) is 15.5. The Labute approximate surface area is 179 Å². The van der Waals surface area contributed by atoms with E-state index in [-0.39, 0.29) is 12.3 Å². The number of benzene rings is 2. The molecule has 0 bridgehead atoms. The largest absolute Gasteiger partial charge is 0.369 e. The number of hydrogen-bond acceptors (Lipinski definition) is 7. The molecule has 4 rings (SSSR count). The molecule has 2 amide bonds. The molecule has 0 radical (unpaired) electrons. The molecule has 0 spiro atoms. The first-order chi connectivity index (χ1) is 14.1. The first-order valence-electron chi connectivity index (χ1n) is 8.69. The molecule has 2 aromatic heterocycles. The summed E-state index contributed by atoms with van der Waals surface area (Å²) in [5.74, 6) is -0.0512. The van der Waals surface area contributed by atoms with Gasteiger partial charge in [0.15, 0.2) is 9.47 Å².